The number of aromatic amines is 1. The number of hydrogen-bond acceptors (Lipinski definition) is 3. The fourth-order valence-corrected chi connectivity index (χ4v) is 1.65. The van der Waals surface area contributed by atoms with E-state index in [4.69, 9.17) is 4.74 Å². The maximum absolute atomic E-state index is 11.4. The van der Waals surface area contributed by atoms with Gasteiger partial charge in [-0.25, -0.2) is 9.78 Å². The van der Waals surface area contributed by atoms with E-state index in [0.717, 1.165) is 10.0 Å². The van der Waals surface area contributed by atoms with Gasteiger partial charge in [0.1, 0.15) is 11.5 Å². The summed E-state index contributed by atoms with van der Waals surface area (Å²) in [6.07, 6.45) is 1.48. The quantitative estimate of drug-likeness (QED) is 0.886. The van der Waals surface area contributed by atoms with Crippen LogP contribution in [0.2, 0.25) is 0 Å². The Labute approximate surface area is 107 Å². The van der Waals surface area contributed by atoms with Crippen LogP contribution in [0.1, 0.15) is 17.4 Å². The average molecular weight is 295 g/mol. The van der Waals surface area contributed by atoms with Crippen molar-refractivity contribution < 1.29 is 9.53 Å². The number of benzene rings is 1. The molecule has 0 aliphatic carbocycles. The molecule has 0 aliphatic heterocycles. The highest BCUT2D eigenvalue weighted by molar-refractivity contribution is 9.10. The molecule has 1 aromatic carbocycles. The summed E-state index contributed by atoms with van der Waals surface area (Å²) in [5.41, 5.74) is 1.29. The topological polar surface area (TPSA) is 55.0 Å². The Bertz CT molecular complexity index is 520. The van der Waals surface area contributed by atoms with Gasteiger partial charge < -0.3 is 9.72 Å². The molecule has 2 aromatic rings. The second-order valence-electron chi connectivity index (χ2n) is 3.37. The molecule has 88 valence electrons. The summed E-state index contributed by atoms with van der Waals surface area (Å²) in [6, 6.07) is 7.67. The summed E-state index contributed by atoms with van der Waals surface area (Å²) in [6.45, 7) is 2.12. The van der Waals surface area contributed by atoms with Crippen molar-refractivity contribution in [2.75, 3.05) is 6.61 Å². The fourth-order valence-electron chi connectivity index (χ4n) is 1.39. The molecule has 1 N–H and O–H groups in total. The highest BCUT2D eigenvalue weighted by Crippen LogP contribution is 2.19. The van der Waals surface area contributed by atoms with Crippen molar-refractivity contribution in [3.63, 3.8) is 0 Å². The first-order valence-electron chi connectivity index (χ1n) is 5.18. The Hall–Kier alpha value is -1.62. The third kappa shape index (κ3) is 2.74. The third-order valence-corrected chi connectivity index (χ3v) is 2.72. The standard InChI is InChI=1S/C12H11BrN2O2/c1-2-17-12(16)10-7-14-11(15-10)8-3-5-9(13)6-4-8/h3-7H,2H2,1H3,(H,14,15). The summed E-state index contributed by atoms with van der Waals surface area (Å²) in [5, 5.41) is 0. The second kappa shape index (κ2) is 5.14. The van der Waals surface area contributed by atoms with Gasteiger partial charge in [-0.1, -0.05) is 28.1 Å². The van der Waals surface area contributed by atoms with Crippen molar-refractivity contribution in [3.05, 3.63) is 40.6 Å². The van der Waals surface area contributed by atoms with E-state index in [1.54, 1.807) is 6.92 Å². The number of ether oxygens (including phenoxy) is 1. The number of nitrogens with one attached hydrogen (secondary N) is 1. The first kappa shape index (κ1) is 11.9. The van der Waals surface area contributed by atoms with E-state index in [1.165, 1.54) is 6.20 Å². The van der Waals surface area contributed by atoms with E-state index < -0.39 is 0 Å². The molecule has 0 radical (unpaired) electrons. The van der Waals surface area contributed by atoms with Crippen molar-refractivity contribution in [2.24, 2.45) is 0 Å². The lowest BCUT2D eigenvalue weighted by molar-refractivity contribution is 0.0520. The maximum atomic E-state index is 11.4. The molecule has 4 nitrogen and oxygen atoms in total. The van der Waals surface area contributed by atoms with Crippen LogP contribution in [0.25, 0.3) is 11.4 Å². The largest absolute Gasteiger partial charge is 0.461 e. The lowest BCUT2D eigenvalue weighted by Gasteiger charge is -1.98. The number of carbonyl (C=O) groups excluding carboxylic acids is 1. The van der Waals surface area contributed by atoms with Crippen LogP contribution in [0.15, 0.2) is 34.9 Å². The van der Waals surface area contributed by atoms with Crippen LogP contribution < -0.4 is 0 Å². The lowest BCUT2D eigenvalue weighted by Crippen LogP contribution is -2.04. The average Bonchev–Trinajstić information content (AvgIpc) is 2.80. The predicted octanol–water partition coefficient (Wildman–Crippen LogP) is 3.02. The van der Waals surface area contributed by atoms with Crippen LogP contribution in [0.4, 0.5) is 0 Å². The molecule has 0 saturated carbocycles. The third-order valence-electron chi connectivity index (χ3n) is 2.19. The van der Waals surface area contributed by atoms with Crippen LogP contribution in [0.3, 0.4) is 0 Å². The normalized spacial score (nSPS) is 10.2. The van der Waals surface area contributed by atoms with Gasteiger partial charge in [0.2, 0.25) is 0 Å². The Morgan fingerprint density at radius 3 is 2.76 bits per heavy atom. The van der Waals surface area contributed by atoms with Gasteiger partial charge in [-0.05, 0) is 19.1 Å². The van der Waals surface area contributed by atoms with E-state index in [2.05, 4.69) is 25.9 Å². The van der Waals surface area contributed by atoms with Crippen LogP contribution in [-0.4, -0.2) is 22.5 Å². The fraction of sp³-hybridized carbons (Fsp3) is 0.167. The number of nitrogens with zero attached hydrogens (tertiary/aromatic N) is 1. The minimum atomic E-state index is -0.386. The van der Waals surface area contributed by atoms with Gasteiger partial charge in [-0.3, -0.25) is 0 Å². The van der Waals surface area contributed by atoms with E-state index in [1.807, 2.05) is 24.3 Å². The number of imidazole rings is 1. The van der Waals surface area contributed by atoms with Gasteiger partial charge in [-0.15, -0.1) is 0 Å². The van der Waals surface area contributed by atoms with Crippen LogP contribution in [0, 0.1) is 0 Å². The Balaban J connectivity index is 2.23. The van der Waals surface area contributed by atoms with Gasteiger partial charge in [-0.2, -0.15) is 0 Å². The van der Waals surface area contributed by atoms with Crippen molar-refractivity contribution in [1.82, 2.24) is 9.97 Å². The minimum Gasteiger partial charge on any atom is -0.461 e. The monoisotopic (exact) mass is 294 g/mol. The smallest absolute Gasteiger partial charge is 0.356 e. The number of hydrogen-bond donors (Lipinski definition) is 1. The van der Waals surface area contributed by atoms with Crippen molar-refractivity contribution in [3.8, 4) is 11.4 Å². The molecular weight excluding hydrogens is 284 g/mol. The van der Waals surface area contributed by atoms with E-state index in [0.29, 0.717) is 18.1 Å². The molecule has 0 aliphatic rings. The van der Waals surface area contributed by atoms with Crippen molar-refractivity contribution in [2.45, 2.75) is 6.92 Å². The summed E-state index contributed by atoms with van der Waals surface area (Å²) < 4.78 is 5.88. The number of carbonyl (C=O) groups is 1. The predicted molar refractivity (Wildman–Crippen MR) is 67.7 cm³/mol. The molecule has 0 spiro atoms. The summed E-state index contributed by atoms with van der Waals surface area (Å²) in [7, 11) is 0. The molecule has 0 unspecified atom stereocenters. The van der Waals surface area contributed by atoms with Crippen molar-refractivity contribution in [1.29, 1.82) is 0 Å². The molecule has 0 atom stereocenters. The van der Waals surface area contributed by atoms with Gasteiger partial charge in [0, 0.05) is 10.0 Å². The zero-order valence-electron chi connectivity index (χ0n) is 9.24. The van der Waals surface area contributed by atoms with Crippen LogP contribution in [0.5, 0.6) is 0 Å². The van der Waals surface area contributed by atoms with E-state index in [-0.39, 0.29) is 5.97 Å². The number of aromatic nitrogens is 2. The summed E-state index contributed by atoms with van der Waals surface area (Å²) >= 11 is 3.36. The molecular formula is C12H11BrN2O2. The summed E-state index contributed by atoms with van der Waals surface area (Å²) in [5.74, 6) is 0.268. The van der Waals surface area contributed by atoms with Gasteiger partial charge in [0.05, 0.1) is 12.8 Å². The molecule has 1 aromatic heterocycles. The Morgan fingerprint density at radius 2 is 2.12 bits per heavy atom. The molecule has 17 heavy (non-hydrogen) atoms. The highest BCUT2D eigenvalue weighted by Gasteiger charge is 2.10. The first-order valence-corrected chi connectivity index (χ1v) is 5.98. The molecule has 0 fully saturated rings. The van der Waals surface area contributed by atoms with Crippen LogP contribution >= 0.6 is 15.9 Å². The lowest BCUT2D eigenvalue weighted by atomic mass is 10.2. The molecule has 2 rings (SSSR count). The minimum absolute atomic E-state index is 0.353. The number of esters is 1. The van der Waals surface area contributed by atoms with E-state index >= 15 is 0 Å². The number of rotatable bonds is 3. The van der Waals surface area contributed by atoms with Crippen molar-refractivity contribution >= 4 is 21.9 Å². The zero-order chi connectivity index (χ0) is 12.3. The van der Waals surface area contributed by atoms with Gasteiger partial charge in [0.15, 0.2) is 0 Å². The molecule has 0 saturated heterocycles. The molecule has 0 bridgehead atoms. The SMILES string of the molecule is CCOC(=O)c1cnc(-c2ccc(Br)cc2)[nH]1. The van der Waals surface area contributed by atoms with Crippen LogP contribution in [-0.2, 0) is 4.74 Å². The van der Waals surface area contributed by atoms with Gasteiger partial charge >= 0.3 is 5.97 Å². The zero-order valence-corrected chi connectivity index (χ0v) is 10.8. The highest BCUT2D eigenvalue weighted by atomic mass is 79.9. The van der Waals surface area contributed by atoms with Gasteiger partial charge in [0.25, 0.3) is 0 Å². The molecule has 1 heterocycles. The first-order chi connectivity index (χ1) is 8.20. The number of halogens is 1. The molecule has 5 heteroatoms. The molecule has 0 amide bonds. The Kier molecular flexibility index (Phi) is 3.58. The second-order valence-corrected chi connectivity index (χ2v) is 4.29. The Morgan fingerprint density at radius 1 is 1.41 bits per heavy atom. The maximum Gasteiger partial charge on any atom is 0.356 e. The summed E-state index contributed by atoms with van der Waals surface area (Å²) in [4.78, 5) is 18.5. The number of H-pyrrole nitrogens is 1. The van der Waals surface area contributed by atoms with E-state index in [9.17, 15) is 4.79 Å².